The molecule has 4 rings (SSSR count). The third-order valence-electron chi connectivity index (χ3n) is 4.96. The van der Waals surface area contributed by atoms with Gasteiger partial charge in [0, 0.05) is 29.5 Å². The van der Waals surface area contributed by atoms with Crippen LogP contribution < -0.4 is 10.9 Å². The topological polar surface area (TPSA) is 62.7 Å². The van der Waals surface area contributed by atoms with Crippen molar-refractivity contribution in [3.05, 3.63) is 93.9 Å². The van der Waals surface area contributed by atoms with E-state index in [1.807, 2.05) is 59.3 Å². The van der Waals surface area contributed by atoms with Gasteiger partial charge in [-0.15, -0.1) is 0 Å². The van der Waals surface area contributed by atoms with Gasteiger partial charge in [-0.1, -0.05) is 69.3 Å². The monoisotopic (exact) mass is 386 g/mol. The van der Waals surface area contributed by atoms with Gasteiger partial charge < -0.3 is 10.3 Å². The molecule has 0 spiro atoms. The summed E-state index contributed by atoms with van der Waals surface area (Å²) in [6.45, 7) is 7.64. The molecule has 0 aliphatic carbocycles. The highest BCUT2D eigenvalue weighted by molar-refractivity contribution is 5.81. The maximum absolute atomic E-state index is 12.8. The smallest absolute Gasteiger partial charge is 0.254 e. The summed E-state index contributed by atoms with van der Waals surface area (Å²) in [7, 11) is 0. The summed E-state index contributed by atoms with van der Waals surface area (Å²) in [4.78, 5) is 15.9. The zero-order chi connectivity index (χ0) is 20.4. The summed E-state index contributed by atoms with van der Waals surface area (Å²) < 4.78 is 1.83. The number of nitrogens with one attached hydrogen (secondary N) is 2. The van der Waals surface area contributed by atoms with Crippen molar-refractivity contribution in [2.45, 2.75) is 39.3 Å². The van der Waals surface area contributed by atoms with Gasteiger partial charge in [-0.2, -0.15) is 5.10 Å². The highest BCUT2D eigenvalue weighted by Gasteiger charge is 2.24. The van der Waals surface area contributed by atoms with Crippen molar-refractivity contribution in [2.75, 3.05) is 0 Å². The molecule has 0 saturated heterocycles. The Labute approximate surface area is 170 Å². The Morgan fingerprint density at radius 3 is 2.28 bits per heavy atom. The first-order chi connectivity index (χ1) is 13.9. The fraction of sp³-hybridized carbons (Fsp3) is 0.250. The fourth-order valence-corrected chi connectivity index (χ4v) is 3.49. The molecule has 0 bridgehead atoms. The van der Waals surface area contributed by atoms with E-state index < -0.39 is 0 Å². The summed E-state index contributed by atoms with van der Waals surface area (Å²) >= 11 is 0. The first-order valence-corrected chi connectivity index (χ1v) is 9.89. The maximum Gasteiger partial charge on any atom is 0.254 e. The van der Waals surface area contributed by atoms with Gasteiger partial charge in [0.05, 0.1) is 11.4 Å². The molecule has 0 aliphatic heterocycles. The normalized spacial score (nSPS) is 11.8. The molecule has 2 N–H and O–H groups in total. The van der Waals surface area contributed by atoms with E-state index >= 15 is 0 Å². The van der Waals surface area contributed by atoms with Crippen LogP contribution in [0.5, 0.6) is 0 Å². The second-order valence-corrected chi connectivity index (χ2v) is 8.32. The fourth-order valence-electron chi connectivity index (χ4n) is 3.49. The molecule has 2 heterocycles. The van der Waals surface area contributed by atoms with Crippen LogP contribution in [-0.2, 0) is 18.5 Å². The quantitative estimate of drug-likeness (QED) is 0.537. The van der Waals surface area contributed by atoms with Crippen LogP contribution in [-0.4, -0.2) is 14.8 Å². The van der Waals surface area contributed by atoms with Crippen LogP contribution in [0.15, 0.2) is 71.5 Å². The molecule has 0 fully saturated rings. The number of para-hydroxylation sites is 1. The van der Waals surface area contributed by atoms with Gasteiger partial charge in [0.15, 0.2) is 0 Å². The van der Waals surface area contributed by atoms with E-state index in [9.17, 15) is 4.79 Å². The predicted molar refractivity (Wildman–Crippen MR) is 117 cm³/mol. The molecule has 5 nitrogen and oxygen atoms in total. The number of hydrogen-bond donors (Lipinski definition) is 2. The van der Waals surface area contributed by atoms with E-state index in [1.165, 1.54) is 5.56 Å². The maximum atomic E-state index is 12.8. The van der Waals surface area contributed by atoms with E-state index in [2.05, 4.69) is 43.2 Å². The number of fused-ring (bicyclic) bond motifs is 1. The largest absolute Gasteiger partial charge is 0.308 e. The molecule has 29 heavy (non-hydrogen) atoms. The Bertz CT molecular complexity index is 1170. The molecular formula is C24H26N4O. The summed E-state index contributed by atoms with van der Waals surface area (Å²) in [5, 5.41) is 9.22. The molecule has 148 valence electrons. The molecule has 4 aromatic rings. The van der Waals surface area contributed by atoms with Crippen LogP contribution in [0.3, 0.4) is 0 Å². The molecule has 0 radical (unpaired) electrons. The van der Waals surface area contributed by atoms with Gasteiger partial charge in [0.2, 0.25) is 0 Å². The number of aromatic nitrogens is 3. The lowest BCUT2D eigenvalue weighted by atomic mass is 9.90. The summed E-state index contributed by atoms with van der Waals surface area (Å²) in [6.07, 6.45) is 0. The molecule has 0 amide bonds. The van der Waals surface area contributed by atoms with Crippen LogP contribution in [0.4, 0.5) is 0 Å². The van der Waals surface area contributed by atoms with Gasteiger partial charge in [0.1, 0.15) is 5.65 Å². The van der Waals surface area contributed by atoms with Crippen molar-refractivity contribution in [1.82, 2.24) is 20.1 Å². The third-order valence-corrected chi connectivity index (χ3v) is 4.96. The van der Waals surface area contributed by atoms with Gasteiger partial charge in [-0.05, 0) is 23.8 Å². The van der Waals surface area contributed by atoms with Crippen molar-refractivity contribution in [1.29, 1.82) is 0 Å². The minimum absolute atomic E-state index is 0.0874. The van der Waals surface area contributed by atoms with Gasteiger partial charge in [0.25, 0.3) is 5.56 Å². The average Bonchev–Trinajstić information content (AvgIpc) is 3.08. The second-order valence-electron chi connectivity index (χ2n) is 8.32. The van der Waals surface area contributed by atoms with Gasteiger partial charge in [-0.25, -0.2) is 4.68 Å². The highest BCUT2D eigenvalue weighted by Crippen LogP contribution is 2.29. The van der Waals surface area contributed by atoms with Crippen LogP contribution in [0.1, 0.15) is 37.6 Å². The molecule has 2 aromatic heterocycles. The first-order valence-electron chi connectivity index (χ1n) is 9.89. The Morgan fingerprint density at radius 1 is 0.966 bits per heavy atom. The molecule has 0 unspecified atom stereocenters. The average molecular weight is 386 g/mol. The van der Waals surface area contributed by atoms with E-state index in [0.29, 0.717) is 18.7 Å². The second kappa shape index (κ2) is 7.68. The summed E-state index contributed by atoms with van der Waals surface area (Å²) in [5.74, 6) is 0. The first kappa shape index (κ1) is 19.2. The number of hydrogen-bond acceptors (Lipinski definition) is 3. The van der Waals surface area contributed by atoms with Crippen LogP contribution in [0, 0.1) is 0 Å². The van der Waals surface area contributed by atoms with Crippen molar-refractivity contribution in [3.63, 3.8) is 0 Å². The van der Waals surface area contributed by atoms with Crippen molar-refractivity contribution < 1.29 is 0 Å². The van der Waals surface area contributed by atoms with Crippen LogP contribution >= 0.6 is 0 Å². The zero-order valence-electron chi connectivity index (χ0n) is 17.1. The Hall–Kier alpha value is -3.18. The number of rotatable bonds is 5. The third kappa shape index (κ3) is 4.00. The SMILES string of the molecule is CC(C)(C)c1nn(-c2ccccc2)c2[nH]c(=O)c(CNCc3ccccc3)cc12. The number of aromatic amines is 1. The van der Waals surface area contributed by atoms with E-state index in [4.69, 9.17) is 5.10 Å². The molecule has 0 saturated carbocycles. The van der Waals surface area contributed by atoms with Crippen molar-refractivity contribution >= 4 is 11.0 Å². The van der Waals surface area contributed by atoms with Crippen molar-refractivity contribution in [3.8, 4) is 5.69 Å². The number of benzene rings is 2. The predicted octanol–water partition coefficient (Wildman–Crippen LogP) is 4.30. The minimum atomic E-state index is -0.148. The van der Waals surface area contributed by atoms with Crippen LogP contribution in [0.2, 0.25) is 0 Å². The molecular weight excluding hydrogens is 360 g/mol. The summed E-state index contributed by atoms with van der Waals surface area (Å²) in [5.41, 5.74) is 4.30. The Kier molecular flexibility index (Phi) is 5.07. The molecule has 5 heteroatoms. The Balaban J connectivity index is 1.73. The standard InChI is InChI=1S/C24H26N4O/c1-24(2,3)21-20-14-18(16-25-15-17-10-6-4-7-11-17)23(29)26-22(20)28(27-21)19-12-8-5-9-13-19/h4-14,25H,15-16H2,1-3H3,(H,26,29). The molecule has 0 atom stereocenters. The van der Waals surface area contributed by atoms with Gasteiger partial charge >= 0.3 is 0 Å². The molecule has 2 aromatic carbocycles. The number of H-pyrrole nitrogens is 1. The summed E-state index contributed by atoms with van der Waals surface area (Å²) in [6, 6.07) is 22.1. The Morgan fingerprint density at radius 2 is 1.62 bits per heavy atom. The van der Waals surface area contributed by atoms with Gasteiger partial charge in [-0.3, -0.25) is 4.79 Å². The minimum Gasteiger partial charge on any atom is -0.308 e. The molecule has 0 aliphatic rings. The lowest BCUT2D eigenvalue weighted by molar-refractivity contribution is 0.565. The zero-order valence-corrected chi connectivity index (χ0v) is 17.1. The van der Waals surface area contributed by atoms with Crippen LogP contribution in [0.25, 0.3) is 16.7 Å². The van der Waals surface area contributed by atoms with Crippen molar-refractivity contribution in [2.24, 2.45) is 0 Å². The number of pyridine rings is 1. The van der Waals surface area contributed by atoms with E-state index in [0.717, 1.165) is 22.4 Å². The lowest BCUT2D eigenvalue weighted by Gasteiger charge is -2.15. The number of nitrogens with zero attached hydrogens (tertiary/aromatic N) is 2. The highest BCUT2D eigenvalue weighted by atomic mass is 16.1. The van der Waals surface area contributed by atoms with E-state index in [1.54, 1.807) is 0 Å². The van der Waals surface area contributed by atoms with E-state index in [-0.39, 0.29) is 11.0 Å². The lowest BCUT2D eigenvalue weighted by Crippen LogP contribution is -2.21.